The van der Waals surface area contributed by atoms with Crippen LogP contribution < -0.4 is 5.11 Å². The van der Waals surface area contributed by atoms with Gasteiger partial charge >= 0.3 is 11.9 Å². The summed E-state index contributed by atoms with van der Waals surface area (Å²) in [7, 11) is 5.39. The minimum atomic E-state index is -1.13. The fourth-order valence-electron chi connectivity index (χ4n) is 5.93. The molecule has 0 spiro atoms. The Morgan fingerprint density at radius 1 is 0.577 bits per heavy atom. The predicted molar refractivity (Wildman–Crippen MR) is 213 cm³/mol. The van der Waals surface area contributed by atoms with E-state index in [4.69, 9.17) is 14.2 Å². The summed E-state index contributed by atoms with van der Waals surface area (Å²) in [6.07, 6.45) is 38.8. The molecular formula is C44H79NO7. The van der Waals surface area contributed by atoms with Crippen molar-refractivity contribution in [3.63, 3.8) is 0 Å². The first kappa shape index (κ1) is 49.6. The fourth-order valence-corrected chi connectivity index (χ4v) is 5.93. The summed E-state index contributed by atoms with van der Waals surface area (Å²) in [6.45, 7) is 4.56. The summed E-state index contributed by atoms with van der Waals surface area (Å²) in [6, 6.07) is -0.726. The van der Waals surface area contributed by atoms with Crippen molar-refractivity contribution in [2.75, 3.05) is 41.0 Å². The topological polar surface area (TPSA) is 102 Å². The molecule has 0 aliphatic carbocycles. The number of carbonyl (C=O) groups is 3. The maximum Gasteiger partial charge on any atom is 0.306 e. The summed E-state index contributed by atoms with van der Waals surface area (Å²) < 4.78 is 17.1. The number of rotatable bonds is 37. The number of carbonyl (C=O) groups excluding carboxylic acids is 3. The Labute approximate surface area is 319 Å². The fraction of sp³-hybridized carbons (Fsp3) is 0.795. The van der Waals surface area contributed by atoms with Gasteiger partial charge in [0.1, 0.15) is 12.6 Å². The van der Waals surface area contributed by atoms with Crippen LogP contribution in [0.5, 0.6) is 0 Å². The number of hydrogen-bond donors (Lipinski definition) is 0. The number of allylic oxidation sites excluding steroid dienone is 6. The summed E-state index contributed by atoms with van der Waals surface area (Å²) in [4.78, 5) is 36.7. The number of nitrogens with zero attached hydrogens (tertiary/aromatic N) is 1. The second kappa shape index (κ2) is 35.6. The smallest absolute Gasteiger partial charge is 0.306 e. The molecule has 0 fully saturated rings. The SMILES string of the molecule is CCC/C=C\CCCCCCCC(=O)OCC(COCCC(C(=O)[O-])[N+](C)(C)C)OC(=O)CCCCCCCCC/C=C\C/C=C\CCCCCC. The maximum atomic E-state index is 12.7. The van der Waals surface area contributed by atoms with Crippen LogP contribution in [-0.2, 0) is 28.6 Å². The van der Waals surface area contributed by atoms with E-state index >= 15 is 0 Å². The van der Waals surface area contributed by atoms with E-state index in [9.17, 15) is 19.5 Å². The van der Waals surface area contributed by atoms with Crippen LogP contribution in [0.4, 0.5) is 0 Å². The first-order chi connectivity index (χ1) is 25.1. The van der Waals surface area contributed by atoms with Crippen molar-refractivity contribution in [2.45, 2.75) is 187 Å². The van der Waals surface area contributed by atoms with Gasteiger partial charge in [0.05, 0.1) is 40.3 Å². The molecule has 0 saturated carbocycles. The van der Waals surface area contributed by atoms with E-state index in [0.29, 0.717) is 12.8 Å². The highest BCUT2D eigenvalue weighted by Crippen LogP contribution is 2.13. The molecule has 2 atom stereocenters. The van der Waals surface area contributed by atoms with Crippen molar-refractivity contribution < 1.29 is 38.2 Å². The maximum absolute atomic E-state index is 12.7. The zero-order valence-corrected chi connectivity index (χ0v) is 34.2. The molecule has 0 saturated heterocycles. The third kappa shape index (κ3) is 33.4. The lowest BCUT2D eigenvalue weighted by Gasteiger charge is -2.34. The zero-order chi connectivity index (χ0) is 38.5. The van der Waals surface area contributed by atoms with Crippen LogP contribution in [0.1, 0.15) is 174 Å². The van der Waals surface area contributed by atoms with Crippen molar-refractivity contribution in [2.24, 2.45) is 0 Å². The quantitative estimate of drug-likeness (QED) is 0.0271. The Hall–Kier alpha value is -2.45. The Balaban J connectivity index is 4.35. The summed E-state index contributed by atoms with van der Waals surface area (Å²) in [5, 5.41) is 11.6. The molecule has 0 aliphatic rings. The predicted octanol–water partition coefficient (Wildman–Crippen LogP) is 9.74. The molecule has 0 amide bonds. The van der Waals surface area contributed by atoms with Crippen molar-refractivity contribution >= 4 is 17.9 Å². The molecule has 8 heteroatoms. The molecule has 302 valence electrons. The average molecular weight is 734 g/mol. The molecule has 0 bridgehead atoms. The van der Waals surface area contributed by atoms with Crippen molar-refractivity contribution in [1.29, 1.82) is 0 Å². The molecule has 0 aromatic rings. The van der Waals surface area contributed by atoms with Gasteiger partial charge < -0.3 is 28.6 Å². The van der Waals surface area contributed by atoms with Crippen LogP contribution in [0.2, 0.25) is 0 Å². The minimum absolute atomic E-state index is 0.0354. The number of aliphatic carboxylic acids is 1. The van der Waals surface area contributed by atoms with Crippen LogP contribution in [-0.4, -0.2) is 75.5 Å². The van der Waals surface area contributed by atoms with E-state index in [1.807, 2.05) is 0 Å². The van der Waals surface area contributed by atoms with E-state index in [-0.39, 0.29) is 42.7 Å². The number of carboxylic acids is 1. The largest absolute Gasteiger partial charge is 0.544 e. The summed E-state index contributed by atoms with van der Waals surface area (Å²) >= 11 is 0. The van der Waals surface area contributed by atoms with Crippen LogP contribution >= 0.6 is 0 Å². The van der Waals surface area contributed by atoms with E-state index in [0.717, 1.165) is 70.6 Å². The van der Waals surface area contributed by atoms with Gasteiger partial charge in [-0.3, -0.25) is 9.59 Å². The molecule has 0 aromatic carbocycles. The van der Waals surface area contributed by atoms with Gasteiger partial charge in [-0.25, -0.2) is 0 Å². The van der Waals surface area contributed by atoms with Gasteiger partial charge in [0.2, 0.25) is 0 Å². The monoisotopic (exact) mass is 734 g/mol. The van der Waals surface area contributed by atoms with Crippen LogP contribution in [0.3, 0.4) is 0 Å². The summed E-state index contributed by atoms with van der Waals surface area (Å²) in [5.74, 6) is -1.76. The third-order valence-corrected chi connectivity index (χ3v) is 9.23. The number of quaternary nitrogens is 1. The van der Waals surface area contributed by atoms with Crippen LogP contribution in [0, 0.1) is 0 Å². The Morgan fingerprint density at radius 3 is 1.58 bits per heavy atom. The van der Waals surface area contributed by atoms with Crippen molar-refractivity contribution in [3.8, 4) is 0 Å². The number of ether oxygens (including phenoxy) is 3. The van der Waals surface area contributed by atoms with Gasteiger partial charge in [-0.1, -0.05) is 127 Å². The lowest BCUT2D eigenvalue weighted by atomic mass is 10.1. The molecule has 2 unspecified atom stereocenters. The van der Waals surface area contributed by atoms with E-state index in [2.05, 4.69) is 50.3 Å². The van der Waals surface area contributed by atoms with Gasteiger partial charge in [0.25, 0.3) is 0 Å². The van der Waals surface area contributed by atoms with Gasteiger partial charge in [-0.2, -0.15) is 0 Å². The minimum Gasteiger partial charge on any atom is -0.544 e. The van der Waals surface area contributed by atoms with Gasteiger partial charge in [-0.05, 0) is 64.2 Å². The highest BCUT2D eigenvalue weighted by molar-refractivity contribution is 5.70. The first-order valence-electron chi connectivity index (χ1n) is 21.0. The highest BCUT2D eigenvalue weighted by atomic mass is 16.6. The molecule has 0 aromatic heterocycles. The molecule has 8 nitrogen and oxygen atoms in total. The molecular weight excluding hydrogens is 654 g/mol. The van der Waals surface area contributed by atoms with E-state index in [1.54, 1.807) is 21.1 Å². The molecule has 0 heterocycles. The van der Waals surface area contributed by atoms with E-state index in [1.165, 1.54) is 70.6 Å². The average Bonchev–Trinajstić information content (AvgIpc) is 3.09. The van der Waals surface area contributed by atoms with Crippen LogP contribution in [0.25, 0.3) is 0 Å². The molecule has 52 heavy (non-hydrogen) atoms. The number of likely N-dealkylation sites (N-methyl/N-ethyl adjacent to an activating group) is 1. The Morgan fingerprint density at radius 2 is 1.06 bits per heavy atom. The first-order valence-corrected chi connectivity index (χ1v) is 21.0. The standard InChI is InChI=1S/C44H79NO7/c1-6-8-10-12-14-16-18-19-20-21-22-23-24-25-27-29-31-33-35-43(47)52-40(38-50-37-36-41(44(48)49)45(3,4)5)39-51-42(46)34-32-30-28-26-17-15-13-11-9-7-2/h11,13,16,18,20-21,40-41H,6-10,12,14-15,17,19,22-39H2,1-5H3/b13-11-,18-16-,21-20-. The Kier molecular flexibility index (Phi) is 33.9. The van der Waals surface area contributed by atoms with E-state index < -0.39 is 18.1 Å². The van der Waals surface area contributed by atoms with Crippen LogP contribution in [0.15, 0.2) is 36.5 Å². The molecule has 0 N–H and O–H groups in total. The Bertz CT molecular complexity index is 953. The molecule has 0 radical (unpaired) electrons. The lowest BCUT2D eigenvalue weighted by molar-refractivity contribution is -0.889. The number of unbranched alkanes of at least 4 members (excludes halogenated alkanes) is 17. The highest BCUT2D eigenvalue weighted by Gasteiger charge is 2.25. The lowest BCUT2D eigenvalue weighted by Crippen LogP contribution is -2.55. The zero-order valence-electron chi connectivity index (χ0n) is 34.2. The number of esters is 2. The normalized spacial score (nSPS) is 13.3. The van der Waals surface area contributed by atoms with Gasteiger partial charge in [0, 0.05) is 19.3 Å². The number of carboxylic acid groups (broad SMARTS) is 1. The van der Waals surface area contributed by atoms with Gasteiger partial charge in [-0.15, -0.1) is 0 Å². The second-order valence-electron chi connectivity index (χ2n) is 15.2. The van der Waals surface area contributed by atoms with Crippen molar-refractivity contribution in [3.05, 3.63) is 36.5 Å². The van der Waals surface area contributed by atoms with Gasteiger partial charge in [0.15, 0.2) is 6.10 Å². The second-order valence-corrected chi connectivity index (χ2v) is 15.2. The van der Waals surface area contributed by atoms with Crippen molar-refractivity contribution in [1.82, 2.24) is 0 Å². The molecule has 0 aliphatic heterocycles. The number of hydrogen-bond acceptors (Lipinski definition) is 7. The third-order valence-electron chi connectivity index (χ3n) is 9.23. The summed E-state index contributed by atoms with van der Waals surface area (Å²) in [5.41, 5.74) is 0. The molecule has 0 rings (SSSR count).